The molecule has 0 atom stereocenters. The van der Waals surface area contributed by atoms with Crippen molar-refractivity contribution >= 4 is 78.5 Å². The zero-order chi connectivity index (χ0) is 49.4. The summed E-state index contributed by atoms with van der Waals surface area (Å²) in [6, 6.07) is 62.4. The van der Waals surface area contributed by atoms with Gasteiger partial charge in [-0.2, -0.15) is 4.37 Å². The molecule has 352 valence electrons. The van der Waals surface area contributed by atoms with Gasteiger partial charge < -0.3 is 9.84 Å². The highest BCUT2D eigenvalue weighted by Crippen LogP contribution is 2.60. The molecule has 0 saturated carbocycles. The second-order valence-electron chi connectivity index (χ2n) is 18.1. The first-order valence-corrected chi connectivity index (χ1v) is 25.9. The van der Waals surface area contributed by atoms with E-state index in [9.17, 15) is 0 Å². The van der Waals surface area contributed by atoms with Crippen molar-refractivity contribution in [2.45, 2.75) is 9.79 Å². The highest BCUT2D eigenvalue weighted by molar-refractivity contribution is 7.99. The number of pyridine rings is 2. The van der Waals surface area contributed by atoms with Gasteiger partial charge in [0, 0.05) is 88.3 Å². The van der Waals surface area contributed by atoms with E-state index >= 15 is 0 Å². The molecule has 0 aliphatic carbocycles. The number of hydrogen-bond acceptors (Lipinski definition) is 13. The molecule has 1 aliphatic heterocycles. The monoisotopic (exact) mass is 1000 g/mol. The minimum absolute atomic E-state index is 0.482. The Labute approximate surface area is 435 Å². The zero-order valence-electron chi connectivity index (χ0n) is 39.3. The molecule has 6 aromatic heterocycles. The first-order valence-electron chi connectivity index (χ1n) is 24.2. The lowest BCUT2D eigenvalue weighted by molar-refractivity contribution is 0.308. The van der Waals surface area contributed by atoms with Crippen LogP contribution in [-0.2, 0) is 0 Å². The van der Waals surface area contributed by atoms with Gasteiger partial charge in [0.25, 0.3) is 0 Å². The van der Waals surface area contributed by atoms with Crippen LogP contribution in [0.2, 0.25) is 0 Å². The predicted octanol–water partition coefficient (Wildman–Crippen LogP) is 16.3. The Balaban J connectivity index is 1.17. The van der Waals surface area contributed by atoms with Gasteiger partial charge in [0.05, 0.1) is 62.1 Å². The number of nitrogens with one attached hydrogen (secondary N) is 1. The predicted molar refractivity (Wildman–Crippen MR) is 299 cm³/mol. The summed E-state index contributed by atoms with van der Waals surface area (Å²) in [6.45, 7) is 0. The number of aromatic nitrogens is 8. The number of nitrogens with zero attached hydrogens (tertiary/aromatic N) is 8. The number of fused-ring (bicyclic) bond motifs is 7. The maximum atomic E-state index is 5.84. The lowest BCUT2D eigenvalue weighted by atomic mass is 9.74. The van der Waals surface area contributed by atoms with Crippen LogP contribution in [0.5, 0.6) is 0 Å². The van der Waals surface area contributed by atoms with E-state index in [1.54, 1.807) is 24.2 Å². The summed E-state index contributed by atoms with van der Waals surface area (Å²) >= 11 is 3.12. The summed E-state index contributed by atoms with van der Waals surface area (Å²) in [6.07, 6.45) is 5.11. The lowest BCUT2D eigenvalue weighted by Crippen LogP contribution is -2.07. The van der Waals surface area contributed by atoms with Crippen LogP contribution in [0, 0.1) is 0 Å². The van der Waals surface area contributed by atoms with Crippen LogP contribution in [0.15, 0.2) is 225 Å². The van der Waals surface area contributed by atoms with Gasteiger partial charge >= 0.3 is 0 Å². The molecule has 75 heavy (non-hydrogen) atoms. The first-order chi connectivity index (χ1) is 37.2. The van der Waals surface area contributed by atoms with Gasteiger partial charge in [-0.15, -0.1) is 0 Å². The van der Waals surface area contributed by atoms with E-state index < -0.39 is 0 Å². The van der Waals surface area contributed by atoms with Crippen molar-refractivity contribution in [3.8, 4) is 89.5 Å². The fourth-order valence-corrected chi connectivity index (χ4v) is 12.3. The van der Waals surface area contributed by atoms with Crippen LogP contribution in [0.4, 0.5) is 11.4 Å². The van der Waals surface area contributed by atoms with Crippen molar-refractivity contribution in [1.82, 2.24) is 39.8 Å². The van der Waals surface area contributed by atoms with Gasteiger partial charge in [-0.3, -0.25) is 4.98 Å². The molecule has 14 aromatic rings. The lowest BCUT2D eigenvalue weighted by Gasteiger charge is -2.29. The molecule has 15 rings (SSSR count). The SMILES string of the molecule is c1ccc(-c2c(-c3ccc4ccc5cccnc5c4n3)cccc2-c2c(-c3cnon3)c(-c3ccon3)c(-c3cccc4c3Nc3ccccc3S4)c(-c3ccsn3)c2-c2cccc3nc4ccccc4nc23)cc1. The Hall–Kier alpha value is -9.69. The average Bonchev–Trinajstić information content (AvgIpc) is 4.41. The largest absolute Gasteiger partial charge is 0.364 e. The Morgan fingerprint density at radius 3 is 1.99 bits per heavy atom. The summed E-state index contributed by atoms with van der Waals surface area (Å²) in [4.78, 5) is 23.3. The fraction of sp³-hybridized carbons (Fsp3) is 0. The number of anilines is 2. The molecular formula is C62H35N9O2S2. The van der Waals surface area contributed by atoms with E-state index in [1.165, 1.54) is 11.5 Å². The maximum absolute atomic E-state index is 5.84. The smallest absolute Gasteiger partial charge is 0.136 e. The van der Waals surface area contributed by atoms with Crippen LogP contribution < -0.4 is 5.32 Å². The molecule has 8 aromatic carbocycles. The third-order valence-corrected chi connectivity index (χ3v) is 15.6. The standard InChI is InChI=1S/C62H35N9O2S2/c1-2-12-35(13-3-1)52-38(42-28-27-37-26-25-36-14-11-31-63-59(36)60(37)66-42)15-8-16-39(52)53-54(40-17-9-22-48-61(40)67-44-20-5-4-19-43(44)65-48)57(47-30-33-74-71-47)55(56(46-29-32-72-69-46)58(53)49-34-64-73-70-49)41-18-10-24-51-62(41)68-45-21-6-7-23-50(45)75-51/h1-34,68H. The minimum atomic E-state index is 0.482. The van der Waals surface area contributed by atoms with Gasteiger partial charge in [0.2, 0.25) is 0 Å². The normalized spacial score (nSPS) is 12.1. The van der Waals surface area contributed by atoms with Gasteiger partial charge in [-0.1, -0.05) is 143 Å². The highest BCUT2D eigenvalue weighted by Gasteiger charge is 2.36. The van der Waals surface area contributed by atoms with E-state index in [0.717, 1.165) is 132 Å². The second kappa shape index (κ2) is 17.5. The van der Waals surface area contributed by atoms with Crippen molar-refractivity contribution < 1.29 is 9.15 Å². The Morgan fingerprint density at radius 1 is 0.427 bits per heavy atom. The van der Waals surface area contributed by atoms with Gasteiger partial charge in [0.15, 0.2) is 0 Å². The third kappa shape index (κ3) is 7.04. The second-order valence-corrected chi connectivity index (χ2v) is 19.9. The average molecular weight is 1000 g/mol. The maximum Gasteiger partial charge on any atom is 0.136 e. The van der Waals surface area contributed by atoms with Gasteiger partial charge in [-0.05, 0) is 88.0 Å². The molecule has 0 spiro atoms. The summed E-state index contributed by atoms with van der Waals surface area (Å²) in [5.41, 5.74) is 19.4. The van der Waals surface area contributed by atoms with Crippen molar-refractivity contribution in [2.24, 2.45) is 0 Å². The van der Waals surface area contributed by atoms with Crippen LogP contribution in [-0.4, -0.2) is 39.8 Å². The Kier molecular flexibility index (Phi) is 10.0. The van der Waals surface area contributed by atoms with E-state index in [2.05, 4.69) is 144 Å². The Morgan fingerprint density at radius 2 is 1.13 bits per heavy atom. The summed E-state index contributed by atoms with van der Waals surface area (Å²) in [7, 11) is 0. The van der Waals surface area contributed by atoms with Crippen LogP contribution in [0.1, 0.15) is 0 Å². The first kappa shape index (κ1) is 42.9. The third-order valence-electron chi connectivity index (χ3n) is 13.9. The van der Waals surface area contributed by atoms with Crippen molar-refractivity contribution in [2.75, 3.05) is 5.32 Å². The quantitative estimate of drug-likeness (QED) is 0.114. The van der Waals surface area contributed by atoms with Gasteiger partial charge in [-0.25, -0.2) is 19.6 Å². The zero-order valence-corrected chi connectivity index (χ0v) is 41.0. The summed E-state index contributed by atoms with van der Waals surface area (Å²) in [5, 5.41) is 21.8. The summed E-state index contributed by atoms with van der Waals surface area (Å²) < 4.78 is 16.8. The molecule has 0 saturated heterocycles. The van der Waals surface area contributed by atoms with Crippen LogP contribution >= 0.6 is 23.3 Å². The minimum Gasteiger partial charge on any atom is -0.364 e. The van der Waals surface area contributed by atoms with E-state index in [-0.39, 0.29) is 0 Å². The molecular weight excluding hydrogens is 967 g/mol. The molecule has 7 heterocycles. The van der Waals surface area contributed by atoms with Crippen LogP contribution in [0.3, 0.4) is 0 Å². The summed E-state index contributed by atoms with van der Waals surface area (Å²) in [5.74, 6) is 0. The number of hydrogen-bond donors (Lipinski definition) is 1. The molecule has 1 N–H and O–H groups in total. The van der Waals surface area contributed by atoms with Crippen LogP contribution in [0.25, 0.3) is 133 Å². The molecule has 13 heteroatoms. The van der Waals surface area contributed by atoms with E-state index in [4.69, 9.17) is 43.8 Å². The van der Waals surface area contributed by atoms with Gasteiger partial charge in [0.1, 0.15) is 17.7 Å². The molecule has 0 radical (unpaired) electrons. The van der Waals surface area contributed by atoms with Crippen molar-refractivity contribution in [3.63, 3.8) is 0 Å². The molecule has 1 aliphatic rings. The number of rotatable bonds is 8. The number of benzene rings is 8. The molecule has 0 bridgehead atoms. The number of para-hydroxylation sites is 5. The van der Waals surface area contributed by atoms with Crippen molar-refractivity contribution in [1.29, 1.82) is 0 Å². The topological polar surface area (TPSA) is 141 Å². The van der Waals surface area contributed by atoms with E-state index in [0.29, 0.717) is 22.5 Å². The fourth-order valence-electron chi connectivity index (χ4n) is 10.8. The molecule has 0 fully saturated rings. The molecule has 0 unspecified atom stereocenters. The van der Waals surface area contributed by atoms with Crippen molar-refractivity contribution in [3.05, 3.63) is 206 Å². The van der Waals surface area contributed by atoms with E-state index in [1.807, 2.05) is 60.1 Å². The molecule has 11 nitrogen and oxygen atoms in total. The molecule has 0 amide bonds. The Bertz CT molecular complexity index is 4550. The highest BCUT2D eigenvalue weighted by atomic mass is 32.2.